The van der Waals surface area contributed by atoms with E-state index in [-0.39, 0.29) is 5.41 Å². The lowest BCUT2D eigenvalue weighted by molar-refractivity contribution is 0.317. The summed E-state index contributed by atoms with van der Waals surface area (Å²) in [6.07, 6.45) is 8.00. The maximum absolute atomic E-state index is 12.4. The molecule has 2 aliphatic rings. The van der Waals surface area contributed by atoms with Gasteiger partial charge in [0.15, 0.2) is 5.65 Å². The van der Waals surface area contributed by atoms with Crippen molar-refractivity contribution in [1.82, 2.24) is 23.6 Å². The fourth-order valence-electron chi connectivity index (χ4n) is 4.49. The van der Waals surface area contributed by atoms with Crippen molar-refractivity contribution in [3.63, 3.8) is 0 Å². The van der Waals surface area contributed by atoms with Crippen molar-refractivity contribution in [1.29, 1.82) is 0 Å². The summed E-state index contributed by atoms with van der Waals surface area (Å²) in [4.78, 5) is 4.50. The molecule has 0 spiro atoms. The summed E-state index contributed by atoms with van der Waals surface area (Å²) < 4.78 is 31.2. The van der Waals surface area contributed by atoms with Crippen LogP contribution in [0.3, 0.4) is 0 Å². The van der Waals surface area contributed by atoms with Gasteiger partial charge in [-0.05, 0) is 50.5 Å². The van der Waals surface area contributed by atoms with Gasteiger partial charge in [-0.25, -0.2) is 14.2 Å². The van der Waals surface area contributed by atoms with Crippen molar-refractivity contribution < 1.29 is 8.42 Å². The van der Waals surface area contributed by atoms with Crippen molar-refractivity contribution in [2.45, 2.75) is 70.6 Å². The summed E-state index contributed by atoms with van der Waals surface area (Å²) in [6.45, 7) is 8.36. The van der Waals surface area contributed by atoms with Gasteiger partial charge >= 0.3 is 0 Å². The first kappa shape index (κ1) is 20.8. The van der Waals surface area contributed by atoms with Gasteiger partial charge < -0.3 is 0 Å². The first-order valence-corrected chi connectivity index (χ1v) is 12.3. The Labute approximate surface area is 174 Å². The van der Waals surface area contributed by atoms with E-state index in [1.54, 1.807) is 4.31 Å². The molecule has 0 bridgehead atoms. The first-order chi connectivity index (χ1) is 13.7. The Bertz CT molecular complexity index is 949. The van der Waals surface area contributed by atoms with Crippen LogP contribution < -0.4 is 4.72 Å². The number of aromatic nitrogens is 3. The quantitative estimate of drug-likeness (QED) is 0.807. The molecule has 2 fully saturated rings. The Kier molecular flexibility index (Phi) is 5.70. The zero-order chi connectivity index (χ0) is 20.6. The molecule has 160 valence electrons. The van der Waals surface area contributed by atoms with E-state index < -0.39 is 10.2 Å². The highest BCUT2D eigenvalue weighted by atomic mass is 32.2. The van der Waals surface area contributed by atoms with E-state index >= 15 is 0 Å². The summed E-state index contributed by atoms with van der Waals surface area (Å²) in [7, 11) is -3.30. The molecule has 0 atom stereocenters. The summed E-state index contributed by atoms with van der Waals surface area (Å²) in [6, 6.07) is 4.18. The molecule has 1 aliphatic heterocycles. The fourth-order valence-corrected chi connectivity index (χ4v) is 5.86. The predicted octanol–water partition coefficient (Wildman–Crippen LogP) is 3.23. The van der Waals surface area contributed by atoms with Crippen molar-refractivity contribution in [3.8, 4) is 0 Å². The lowest BCUT2D eigenvalue weighted by Gasteiger charge is -2.29. The van der Waals surface area contributed by atoms with Gasteiger partial charge in [0.25, 0.3) is 10.2 Å². The maximum Gasteiger partial charge on any atom is 0.279 e. The number of nitrogens with zero attached hydrogens (tertiary/aromatic N) is 4. The van der Waals surface area contributed by atoms with Gasteiger partial charge in [-0.3, -0.25) is 0 Å². The minimum Gasteiger partial charge on any atom is -0.237 e. The molecule has 0 radical (unpaired) electrons. The minimum absolute atomic E-state index is 0.00483. The minimum atomic E-state index is -3.30. The number of fused-ring (bicyclic) bond motifs is 1. The average Bonchev–Trinajstić information content (AvgIpc) is 3.36. The third kappa shape index (κ3) is 4.49. The lowest BCUT2D eigenvalue weighted by Crippen LogP contribution is -2.41. The van der Waals surface area contributed by atoms with Gasteiger partial charge in [0.05, 0.1) is 5.69 Å². The summed E-state index contributed by atoms with van der Waals surface area (Å²) in [5.74, 6) is 0.850. The van der Waals surface area contributed by atoms with E-state index in [4.69, 9.17) is 5.10 Å². The normalized spacial score (nSPS) is 24.4. The number of rotatable bonds is 5. The van der Waals surface area contributed by atoms with Crippen molar-refractivity contribution in [3.05, 3.63) is 29.7 Å². The first-order valence-electron chi connectivity index (χ1n) is 10.8. The number of hydrogen-bond donors (Lipinski definition) is 1. The van der Waals surface area contributed by atoms with Crippen LogP contribution in [-0.2, 0) is 15.6 Å². The molecule has 1 N–H and O–H groups in total. The van der Waals surface area contributed by atoms with Crippen LogP contribution in [0, 0.1) is 5.92 Å². The highest BCUT2D eigenvalue weighted by Gasteiger charge is 2.29. The molecule has 0 unspecified atom stereocenters. The summed E-state index contributed by atoms with van der Waals surface area (Å²) >= 11 is 0. The van der Waals surface area contributed by atoms with E-state index in [1.165, 1.54) is 5.69 Å². The zero-order valence-electron chi connectivity index (χ0n) is 17.8. The van der Waals surface area contributed by atoms with Gasteiger partial charge in [0.2, 0.25) is 0 Å². The molecule has 8 heteroatoms. The molecule has 3 heterocycles. The second-order valence-electron chi connectivity index (χ2n) is 9.60. The van der Waals surface area contributed by atoms with Crippen LogP contribution in [0.25, 0.3) is 5.65 Å². The molecule has 2 aromatic heterocycles. The van der Waals surface area contributed by atoms with E-state index in [1.807, 2.05) is 10.7 Å². The second-order valence-corrected chi connectivity index (χ2v) is 11.4. The van der Waals surface area contributed by atoms with Crippen LogP contribution in [0.1, 0.15) is 76.6 Å². The molecule has 7 nitrogen and oxygen atoms in total. The molecular weight excluding hydrogens is 386 g/mol. The van der Waals surface area contributed by atoms with Crippen LogP contribution in [0.4, 0.5) is 0 Å². The molecule has 29 heavy (non-hydrogen) atoms. The number of hydrogen-bond acceptors (Lipinski definition) is 4. The van der Waals surface area contributed by atoms with Crippen molar-refractivity contribution in [2.75, 3.05) is 19.6 Å². The molecule has 1 saturated carbocycles. The molecule has 0 amide bonds. The van der Waals surface area contributed by atoms with Gasteiger partial charge in [-0.1, -0.05) is 20.8 Å². The summed E-state index contributed by atoms with van der Waals surface area (Å²) in [5.41, 5.74) is 3.19. The molecule has 1 aliphatic carbocycles. The Hall–Kier alpha value is -1.51. The molecule has 2 aromatic rings. The molecule has 4 rings (SSSR count). The topological polar surface area (TPSA) is 79.6 Å². The second kappa shape index (κ2) is 7.96. The van der Waals surface area contributed by atoms with Gasteiger partial charge in [0, 0.05) is 48.9 Å². The standard InChI is InChI=1S/C21H33N5O2S/c1-21(2,3)19-14-20-22-11-10-18(26(20)24-19)17-8-6-16(7-9-17)15-23-29(27,28)25-12-4-5-13-25/h10-11,14,16-17,23H,4-9,12-13,15H2,1-3H3. The molecule has 1 saturated heterocycles. The molecule has 0 aromatic carbocycles. The maximum atomic E-state index is 12.4. The van der Waals surface area contributed by atoms with E-state index in [0.717, 1.165) is 49.9 Å². The van der Waals surface area contributed by atoms with Crippen LogP contribution in [0.15, 0.2) is 18.3 Å². The highest BCUT2D eigenvalue weighted by Crippen LogP contribution is 2.36. The highest BCUT2D eigenvalue weighted by molar-refractivity contribution is 7.87. The van der Waals surface area contributed by atoms with Gasteiger partial charge in [-0.15, -0.1) is 0 Å². The van der Waals surface area contributed by atoms with Gasteiger partial charge in [0.1, 0.15) is 0 Å². The summed E-state index contributed by atoms with van der Waals surface area (Å²) in [5, 5.41) is 4.85. The smallest absolute Gasteiger partial charge is 0.237 e. The number of nitrogens with one attached hydrogen (secondary N) is 1. The average molecular weight is 420 g/mol. The largest absolute Gasteiger partial charge is 0.279 e. The Morgan fingerprint density at radius 1 is 1.14 bits per heavy atom. The van der Waals surface area contributed by atoms with Crippen molar-refractivity contribution >= 4 is 15.9 Å². The Balaban J connectivity index is 1.39. The van der Waals surface area contributed by atoms with E-state index in [0.29, 0.717) is 31.5 Å². The fraction of sp³-hybridized carbons (Fsp3) is 0.714. The van der Waals surface area contributed by atoms with E-state index in [9.17, 15) is 8.42 Å². The Morgan fingerprint density at radius 3 is 2.48 bits per heavy atom. The third-order valence-electron chi connectivity index (χ3n) is 6.38. The van der Waals surface area contributed by atoms with Gasteiger partial charge in [-0.2, -0.15) is 17.8 Å². The third-order valence-corrected chi connectivity index (χ3v) is 7.96. The van der Waals surface area contributed by atoms with Crippen LogP contribution >= 0.6 is 0 Å². The van der Waals surface area contributed by atoms with Crippen LogP contribution in [0.2, 0.25) is 0 Å². The lowest BCUT2D eigenvalue weighted by atomic mass is 9.80. The SMILES string of the molecule is CC(C)(C)c1cc2nccc(C3CCC(CNS(=O)(=O)N4CCCC4)CC3)n2n1. The van der Waals surface area contributed by atoms with E-state index in [2.05, 4.69) is 42.6 Å². The van der Waals surface area contributed by atoms with Crippen molar-refractivity contribution in [2.24, 2.45) is 5.92 Å². The van der Waals surface area contributed by atoms with Crippen LogP contribution in [0.5, 0.6) is 0 Å². The monoisotopic (exact) mass is 419 g/mol. The Morgan fingerprint density at radius 2 is 1.83 bits per heavy atom. The van der Waals surface area contributed by atoms with Crippen LogP contribution in [-0.4, -0.2) is 47.0 Å². The molecular formula is C21H33N5O2S. The zero-order valence-corrected chi connectivity index (χ0v) is 18.6. The predicted molar refractivity (Wildman–Crippen MR) is 114 cm³/mol.